The summed E-state index contributed by atoms with van der Waals surface area (Å²) >= 11 is 0. The summed E-state index contributed by atoms with van der Waals surface area (Å²) in [6, 6.07) is 2.37. The van der Waals surface area contributed by atoms with E-state index in [1.807, 2.05) is 16.9 Å². The Bertz CT molecular complexity index is 590. The first-order valence-electron chi connectivity index (χ1n) is 9.53. The molecule has 1 heterocycles. The monoisotopic (exact) mass is 313 g/mol. The van der Waals surface area contributed by atoms with E-state index in [4.69, 9.17) is 0 Å². The second-order valence-electron chi connectivity index (χ2n) is 8.68. The summed E-state index contributed by atoms with van der Waals surface area (Å²) in [5.41, 5.74) is 0. The molecule has 0 saturated heterocycles. The molecular formula is C19H27N3O. The van der Waals surface area contributed by atoms with E-state index in [2.05, 4.69) is 17.3 Å². The van der Waals surface area contributed by atoms with Gasteiger partial charge in [0.2, 0.25) is 5.91 Å². The van der Waals surface area contributed by atoms with Gasteiger partial charge in [0, 0.05) is 12.0 Å². The van der Waals surface area contributed by atoms with Crippen LogP contribution in [0.2, 0.25) is 0 Å². The predicted molar refractivity (Wildman–Crippen MR) is 88.8 cm³/mol. The Morgan fingerprint density at radius 3 is 2.43 bits per heavy atom. The van der Waals surface area contributed by atoms with Crippen LogP contribution >= 0.6 is 0 Å². The van der Waals surface area contributed by atoms with E-state index in [0.29, 0.717) is 17.9 Å². The fraction of sp³-hybridized carbons (Fsp3) is 0.789. The fourth-order valence-electron chi connectivity index (χ4n) is 6.08. The molecule has 1 atom stereocenters. The molecule has 0 radical (unpaired) electrons. The summed E-state index contributed by atoms with van der Waals surface area (Å²) in [6.07, 6.45) is 11.0. The van der Waals surface area contributed by atoms with E-state index in [1.165, 1.54) is 44.9 Å². The lowest BCUT2D eigenvalue weighted by Gasteiger charge is -2.53. The smallest absolute Gasteiger partial charge is 0.229 e. The number of amides is 1. The molecule has 0 spiro atoms. The molecule has 4 nitrogen and oxygen atoms in total. The molecule has 6 rings (SSSR count). The van der Waals surface area contributed by atoms with Crippen LogP contribution < -0.4 is 5.32 Å². The fourth-order valence-corrected chi connectivity index (χ4v) is 6.08. The first-order chi connectivity index (χ1) is 11.2. The highest BCUT2D eigenvalue weighted by atomic mass is 16.2. The Hall–Kier alpha value is -1.32. The molecule has 1 aromatic rings. The first-order valence-corrected chi connectivity index (χ1v) is 9.53. The first kappa shape index (κ1) is 14.1. The minimum atomic E-state index is 0.252. The maximum Gasteiger partial charge on any atom is 0.229 e. The van der Waals surface area contributed by atoms with Gasteiger partial charge in [0.25, 0.3) is 0 Å². The van der Waals surface area contributed by atoms with Crippen LogP contribution in [0.3, 0.4) is 0 Å². The highest BCUT2D eigenvalue weighted by Crippen LogP contribution is 2.56. The van der Waals surface area contributed by atoms with Crippen LogP contribution in [0.4, 0.5) is 5.82 Å². The average molecular weight is 313 g/mol. The number of hydrogen-bond donors (Lipinski definition) is 1. The SMILES string of the molecule is CC(C1CC1)n1nccc1NC(=O)C1C2CC3CC(C2)CC1C3. The van der Waals surface area contributed by atoms with Crippen molar-refractivity contribution >= 4 is 11.7 Å². The minimum Gasteiger partial charge on any atom is -0.311 e. The van der Waals surface area contributed by atoms with Crippen molar-refractivity contribution < 1.29 is 4.79 Å². The minimum absolute atomic E-state index is 0.252. The van der Waals surface area contributed by atoms with Crippen LogP contribution in [-0.4, -0.2) is 15.7 Å². The van der Waals surface area contributed by atoms with Crippen molar-refractivity contribution in [1.29, 1.82) is 0 Å². The standard InChI is InChI=1S/C19H27N3O/c1-11(14-2-3-14)22-17(4-5-20-22)21-19(23)18-15-7-12-6-13(9-15)10-16(18)8-12/h4-5,11-16,18H,2-3,6-10H2,1H3,(H,21,23). The number of nitrogens with one attached hydrogen (secondary N) is 1. The predicted octanol–water partition coefficient (Wildman–Crippen LogP) is 3.86. The number of hydrogen-bond acceptors (Lipinski definition) is 2. The zero-order valence-electron chi connectivity index (χ0n) is 13.9. The van der Waals surface area contributed by atoms with Crippen molar-refractivity contribution in [3.05, 3.63) is 12.3 Å². The van der Waals surface area contributed by atoms with E-state index in [9.17, 15) is 4.79 Å². The summed E-state index contributed by atoms with van der Waals surface area (Å²) in [7, 11) is 0. The van der Waals surface area contributed by atoms with Gasteiger partial charge >= 0.3 is 0 Å². The van der Waals surface area contributed by atoms with E-state index >= 15 is 0 Å². The van der Waals surface area contributed by atoms with Crippen molar-refractivity contribution in [3.63, 3.8) is 0 Å². The van der Waals surface area contributed by atoms with Gasteiger partial charge in [0.1, 0.15) is 5.82 Å². The molecule has 4 bridgehead atoms. The van der Waals surface area contributed by atoms with Crippen molar-refractivity contribution in [2.45, 2.75) is 57.9 Å². The number of aromatic nitrogens is 2. The van der Waals surface area contributed by atoms with Crippen LogP contribution in [0.5, 0.6) is 0 Å². The van der Waals surface area contributed by atoms with Gasteiger partial charge in [0.05, 0.1) is 12.2 Å². The van der Waals surface area contributed by atoms with E-state index < -0.39 is 0 Å². The molecule has 1 unspecified atom stereocenters. The Morgan fingerprint density at radius 1 is 1.17 bits per heavy atom. The zero-order valence-corrected chi connectivity index (χ0v) is 13.9. The maximum atomic E-state index is 13.0. The van der Waals surface area contributed by atoms with Crippen molar-refractivity contribution in [1.82, 2.24) is 9.78 Å². The van der Waals surface area contributed by atoms with Gasteiger partial charge in [-0.1, -0.05) is 0 Å². The molecule has 0 aliphatic heterocycles. The quantitative estimate of drug-likeness (QED) is 0.917. The lowest BCUT2D eigenvalue weighted by Crippen LogP contribution is -2.49. The van der Waals surface area contributed by atoms with Gasteiger partial charge in [-0.3, -0.25) is 4.79 Å². The molecule has 5 fully saturated rings. The molecule has 1 N–H and O–H groups in total. The Balaban J connectivity index is 1.33. The highest BCUT2D eigenvalue weighted by Gasteiger charge is 2.50. The molecule has 5 aliphatic rings. The summed E-state index contributed by atoms with van der Waals surface area (Å²) < 4.78 is 2.03. The second kappa shape index (κ2) is 5.09. The molecule has 0 aromatic carbocycles. The third-order valence-electron chi connectivity index (χ3n) is 7.14. The van der Waals surface area contributed by atoms with Crippen LogP contribution in [0, 0.1) is 35.5 Å². The molecule has 5 saturated carbocycles. The molecule has 1 amide bonds. The normalized spacial score (nSPS) is 39.4. The summed E-state index contributed by atoms with van der Waals surface area (Å²) in [5, 5.41) is 7.71. The number of carbonyl (C=O) groups is 1. The van der Waals surface area contributed by atoms with Crippen molar-refractivity contribution in [3.8, 4) is 0 Å². The average Bonchev–Trinajstić information content (AvgIpc) is 3.26. The van der Waals surface area contributed by atoms with Gasteiger partial charge in [-0.25, -0.2) is 4.68 Å². The highest BCUT2D eigenvalue weighted by molar-refractivity contribution is 5.92. The summed E-state index contributed by atoms with van der Waals surface area (Å²) in [5.74, 6) is 5.29. The zero-order chi connectivity index (χ0) is 15.6. The molecule has 5 aliphatic carbocycles. The lowest BCUT2D eigenvalue weighted by atomic mass is 9.51. The van der Waals surface area contributed by atoms with Crippen LogP contribution in [-0.2, 0) is 4.79 Å². The van der Waals surface area contributed by atoms with Crippen molar-refractivity contribution in [2.24, 2.45) is 35.5 Å². The van der Waals surface area contributed by atoms with Gasteiger partial charge in [-0.05, 0) is 81.5 Å². The molecule has 1 aromatic heterocycles. The Morgan fingerprint density at radius 2 is 1.83 bits per heavy atom. The lowest BCUT2D eigenvalue weighted by molar-refractivity contribution is -0.132. The van der Waals surface area contributed by atoms with Crippen molar-refractivity contribution in [2.75, 3.05) is 5.32 Å². The van der Waals surface area contributed by atoms with Crippen LogP contribution in [0.15, 0.2) is 12.3 Å². The molecule has 4 heteroatoms. The topological polar surface area (TPSA) is 46.9 Å². The second-order valence-corrected chi connectivity index (χ2v) is 8.68. The molecule has 23 heavy (non-hydrogen) atoms. The van der Waals surface area contributed by atoms with Crippen LogP contribution in [0.1, 0.15) is 57.9 Å². The summed E-state index contributed by atoms with van der Waals surface area (Å²) in [6.45, 7) is 2.23. The number of nitrogens with zero attached hydrogens (tertiary/aromatic N) is 2. The van der Waals surface area contributed by atoms with Gasteiger partial charge in [-0.2, -0.15) is 5.10 Å². The van der Waals surface area contributed by atoms with E-state index in [1.54, 1.807) is 0 Å². The maximum absolute atomic E-state index is 13.0. The Labute approximate surface area is 138 Å². The molecule has 124 valence electrons. The number of anilines is 1. The number of carbonyl (C=O) groups excluding carboxylic acids is 1. The Kier molecular flexibility index (Phi) is 3.11. The largest absolute Gasteiger partial charge is 0.311 e. The van der Waals surface area contributed by atoms with E-state index in [0.717, 1.165) is 23.6 Å². The summed E-state index contributed by atoms with van der Waals surface area (Å²) in [4.78, 5) is 13.0. The third kappa shape index (κ3) is 2.33. The van der Waals surface area contributed by atoms with Crippen LogP contribution in [0.25, 0.3) is 0 Å². The van der Waals surface area contributed by atoms with Gasteiger partial charge < -0.3 is 5.32 Å². The molecular weight excluding hydrogens is 286 g/mol. The number of rotatable bonds is 4. The van der Waals surface area contributed by atoms with E-state index in [-0.39, 0.29) is 11.8 Å². The van der Waals surface area contributed by atoms with Gasteiger partial charge in [-0.15, -0.1) is 0 Å². The third-order valence-corrected chi connectivity index (χ3v) is 7.14. The van der Waals surface area contributed by atoms with Gasteiger partial charge in [0.15, 0.2) is 0 Å².